The summed E-state index contributed by atoms with van der Waals surface area (Å²) in [4.78, 5) is 17.3. The van der Waals surface area contributed by atoms with Gasteiger partial charge >= 0.3 is 5.69 Å². The van der Waals surface area contributed by atoms with Gasteiger partial charge in [-0.3, -0.25) is 14.1 Å². The lowest BCUT2D eigenvalue weighted by atomic mass is 10.0. The molecule has 146 valence electrons. The van der Waals surface area contributed by atoms with Gasteiger partial charge in [0.1, 0.15) is 11.5 Å². The van der Waals surface area contributed by atoms with Crippen molar-refractivity contribution in [2.24, 2.45) is 7.05 Å². The number of rotatable bonds is 5. The van der Waals surface area contributed by atoms with Crippen molar-refractivity contribution in [3.8, 4) is 16.9 Å². The summed E-state index contributed by atoms with van der Waals surface area (Å²) in [6.45, 7) is 4.68. The molecule has 0 N–H and O–H groups in total. The maximum Gasteiger partial charge on any atom is 0.328 e. The van der Waals surface area contributed by atoms with E-state index in [-0.39, 0.29) is 5.69 Å². The molecule has 0 amide bonds. The molecule has 28 heavy (non-hydrogen) atoms. The van der Waals surface area contributed by atoms with E-state index in [0.29, 0.717) is 24.7 Å². The Morgan fingerprint density at radius 2 is 2.00 bits per heavy atom. The lowest BCUT2D eigenvalue weighted by molar-refractivity contribution is 0.187. The topological polar surface area (TPSA) is 84.3 Å². The van der Waals surface area contributed by atoms with Crippen LogP contribution in [0.2, 0.25) is 0 Å². The third kappa shape index (κ3) is 2.60. The molecule has 4 rings (SSSR count). The predicted molar refractivity (Wildman–Crippen MR) is 106 cm³/mol. The fourth-order valence-corrected chi connectivity index (χ4v) is 3.75. The molecule has 8 nitrogen and oxygen atoms in total. The van der Waals surface area contributed by atoms with Crippen molar-refractivity contribution in [3.63, 3.8) is 0 Å². The number of hydrogen-bond acceptors (Lipinski definition) is 6. The third-order valence-electron chi connectivity index (χ3n) is 5.11. The molecule has 0 atom stereocenters. The Hall–Kier alpha value is -3.13. The van der Waals surface area contributed by atoms with E-state index in [1.165, 1.54) is 0 Å². The summed E-state index contributed by atoms with van der Waals surface area (Å²) in [5.41, 5.74) is 4.79. The number of aromatic nitrogens is 4. The van der Waals surface area contributed by atoms with Crippen molar-refractivity contribution in [2.45, 2.75) is 20.4 Å². The Labute approximate surface area is 161 Å². The number of ether oxygens (including phenoxy) is 2. The highest BCUT2D eigenvalue weighted by atomic mass is 16.5. The number of nitrogens with zero attached hydrogens (tertiary/aromatic N) is 4. The van der Waals surface area contributed by atoms with Crippen molar-refractivity contribution in [2.75, 3.05) is 20.8 Å². The van der Waals surface area contributed by atoms with E-state index in [1.54, 1.807) is 36.6 Å². The molecule has 3 heterocycles. The van der Waals surface area contributed by atoms with E-state index in [4.69, 9.17) is 14.0 Å². The van der Waals surface area contributed by atoms with Crippen LogP contribution in [0.1, 0.15) is 11.5 Å². The van der Waals surface area contributed by atoms with Crippen molar-refractivity contribution < 1.29 is 14.0 Å². The molecule has 4 aromatic rings. The maximum absolute atomic E-state index is 12.7. The highest BCUT2D eigenvalue weighted by Crippen LogP contribution is 2.38. The van der Waals surface area contributed by atoms with Gasteiger partial charge in [0.25, 0.3) is 0 Å². The quantitative estimate of drug-likeness (QED) is 0.528. The highest BCUT2D eigenvalue weighted by Gasteiger charge is 2.20. The van der Waals surface area contributed by atoms with Gasteiger partial charge < -0.3 is 14.0 Å². The van der Waals surface area contributed by atoms with E-state index >= 15 is 0 Å². The minimum atomic E-state index is -0.102. The second-order valence-electron chi connectivity index (χ2n) is 6.75. The first-order chi connectivity index (χ1) is 13.5. The van der Waals surface area contributed by atoms with Crippen molar-refractivity contribution in [1.29, 1.82) is 0 Å². The predicted octanol–water partition coefficient (Wildman–Crippen LogP) is 2.82. The molecule has 0 bridgehead atoms. The van der Waals surface area contributed by atoms with Gasteiger partial charge in [0.15, 0.2) is 0 Å². The summed E-state index contributed by atoms with van der Waals surface area (Å²) >= 11 is 0. The van der Waals surface area contributed by atoms with Crippen molar-refractivity contribution >= 4 is 21.9 Å². The largest absolute Gasteiger partial charge is 0.496 e. The summed E-state index contributed by atoms with van der Waals surface area (Å²) in [7, 11) is 5.01. The Morgan fingerprint density at radius 3 is 2.64 bits per heavy atom. The molecular weight excluding hydrogens is 360 g/mol. The second-order valence-corrected chi connectivity index (χ2v) is 6.75. The Balaban J connectivity index is 2.04. The summed E-state index contributed by atoms with van der Waals surface area (Å²) in [6, 6.07) is 3.88. The zero-order valence-electron chi connectivity index (χ0n) is 16.6. The normalized spacial score (nSPS) is 11.6. The van der Waals surface area contributed by atoms with Crippen molar-refractivity contribution in [1.82, 2.24) is 19.3 Å². The maximum atomic E-state index is 12.7. The zero-order valence-corrected chi connectivity index (χ0v) is 16.6. The van der Waals surface area contributed by atoms with Gasteiger partial charge in [0, 0.05) is 25.1 Å². The molecule has 8 heteroatoms. The number of pyridine rings is 1. The summed E-state index contributed by atoms with van der Waals surface area (Å²) in [6.07, 6.45) is 1.73. The SMILES string of the molecule is COCCn1c(=O)n(C)c2c3cc(OC)c(-c4c(C)noc4C)cc3ncc21. The molecule has 3 aromatic heterocycles. The van der Waals surface area contributed by atoms with E-state index in [2.05, 4.69) is 10.1 Å². The minimum absolute atomic E-state index is 0.102. The van der Waals surface area contributed by atoms with Gasteiger partial charge in [-0.2, -0.15) is 0 Å². The van der Waals surface area contributed by atoms with E-state index < -0.39 is 0 Å². The van der Waals surface area contributed by atoms with Crippen LogP contribution in [0.4, 0.5) is 0 Å². The first-order valence-corrected chi connectivity index (χ1v) is 8.96. The Kier molecular flexibility index (Phi) is 4.43. The lowest BCUT2D eigenvalue weighted by Gasteiger charge is -2.11. The fourth-order valence-electron chi connectivity index (χ4n) is 3.75. The highest BCUT2D eigenvalue weighted by molar-refractivity contribution is 6.05. The van der Waals surface area contributed by atoms with E-state index in [0.717, 1.165) is 38.8 Å². The lowest BCUT2D eigenvalue weighted by Crippen LogP contribution is -2.23. The molecule has 0 fully saturated rings. The van der Waals surface area contributed by atoms with Crippen LogP contribution >= 0.6 is 0 Å². The van der Waals surface area contributed by atoms with Gasteiger partial charge in [-0.25, -0.2) is 4.79 Å². The number of benzene rings is 1. The summed E-state index contributed by atoms with van der Waals surface area (Å²) in [5, 5.41) is 4.89. The molecule has 0 saturated heterocycles. The molecule has 1 aromatic carbocycles. The number of imidazole rings is 1. The monoisotopic (exact) mass is 382 g/mol. The standard InChI is InChI=1S/C20H22N4O4/c1-11-18(12(2)28-22-11)14-8-15-13(9-17(14)27-5)19-16(10-21-15)24(6-7-26-4)20(25)23(19)3/h8-10H,6-7H2,1-5H3. The molecule has 0 radical (unpaired) electrons. The van der Waals surface area contributed by atoms with Crippen LogP contribution in [0.5, 0.6) is 5.75 Å². The molecule has 0 unspecified atom stereocenters. The number of aryl methyl sites for hydroxylation is 3. The Morgan fingerprint density at radius 1 is 1.21 bits per heavy atom. The molecule has 0 aliphatic carbocycles. The molecule has 0 spiro atoms. The summed E-state index contributed by atoms with van der Waals surface area (Å²) < 4.78 is 19.4. The van der Waals surface area contributed by atoms with Crippen LogP contribution in [0.25, 0.3) is 33.1 Å². The minimum Gasteiger partial charge on any atom is -0.496 e. The van der Waals surface area contributed by atoms with Crippen LogP contribution in [0, 0.1) is 13.8 Å². The van der Waals surface area contributed by atoms with Gasteiger partial charge in [-0.05, 0) is 26.0 Å². The smallest absolute Gasteiger partial charge is 0.328 e. The average Bonchev–Trinajstić information content (AvgIpc) is 3.15. The van der Waals surface area contributed by atoms with Gasteiger partial charge in [0.2, 0.25) is 0 Å². The van der Waals surface area contributed by atoms with Crippen LogP contribution in [-0.2, 0) is 18.3 Å². The van der Waals surface area contributed by atoms with Gasteiger partial charge in [-0.15, -0.1) is 0 Å². The average molecular weight is 382 g/mol. The number of hydrogen-bond donors (Lipinski definition) is 0. The van der Waals surface area contributed by atoms with Crippen LogP contribution in [0.15, 0.2) is 27.6 Å². The van der Waals surface area contributed by atoms with E-state index in [1.807, 2.05) is 26.0 Å². The van der Waals surface area contributed by atoms with Crippen LogP contribution in [0.3, 0.4) is 0 Å². The van der Waals surface area contributed by atoms with Gasteiger partial charge in [0.05, 0.1) is 54.3 Å². The molecule has 0 aliphatic rings. The van der Waals surface area contributed by atoms with Crippen molar-refractivity contribution in [3.05, 3.63) is 40.3 Å². The van der Waals surface area contributed by atoms with E-state index in [9.17, 15) is 4.79 Å². The fraction of sp³-hybridized carbons (Fsp3) is 0.350. The van der Waals surface area contributed by atoms with Crippen LogP contribution in [-0.4, -0.2) is 40.1 Å². The first-order valence-electron chi connectivity index (χ1n) is 8.96. The number of fused-ring (bicyclic) bond motifs is 3. The van der Waals surface area contributed by atoms with Gasteiger partial charge in [-0.1, -0.05) is 5.16 Å². The molecular formula is C20H22N4O4. The zero-order chi connectivity index (χ0) is 20.0. The molecule has 0 aliphatic heterocycles. The Bertz CT molecular complexity index is 1230. The summed E-state index contributed by atoms with van der Waals surface area (Å²) in [5.74, 6) is 1.39. The van der Waals surface area contributed by atoms with Crippen LogP contribution < -0.4 is 10.4 Å². The molecule has 0 saturated carbocycles. The second kappa shape index (κ2) is 6.79. The first kappa shape index (κ1) is 18.2. The number of methoxy groups -OCH3 is 2. The third-order valence-corrected chi connectivity index (χ3v) is 5.11.